The summed E-state index contributed by atoms with van der Waals surface area (Å²) < 4.78 is 11.5. The first-order valence-corrected chi connectivity index (χ1v) is 20.7. The highest BCUT2D eigenvalue weighted by Crippen LogP contribution is 2.41. The highest BCUT2D eigenvalue weighted by molar-refractivity contribution is 9.10. The van der Waals surface area contributed by atoms with Gasteiger partial charge in [0.2, 0.25) is 5.91 Å². The number of nitrogens with zero attached hydrogens (tertiary/aromatic N) is 1. The lowest BCUT2D eigenvalue weighted by Crippen LogP contribution is -2.39. The van der Waals surface area contributed by atoms with Crippen LogP contribution in [0.25, 0.3) is 6.08 Å². The van der Waals surface area contributed by atoms with E-state index < -0.39 is 34.7 Å². The van der Waals surface area contributed by atoms with Crippen LogP contribution in [-0.4, -0.2) is 53.9 Å². The Bertz CT molecular complexity index is 2360. The molecule has 298 valence electrons. The number of hydrogen-bond acceptors (Lipinski definition) is 9. The first-order valence-electron chi connectivity index (χ1n) is 18.3. The van der Waals surface area contributed by atoms with E-state index in [2.05, 4.69) is 31.9 Å². The van der Waals surface area contributed by atoms with Gasteiger partial charge in [-0.25, -0.2) is 9.59 Å². The predicted octanol–water partition coefficient (Wildman–Crippen LogP) is 9.47. The molecule has 0 saturated heterocycles. The first-order chi connectivity index (χ1) is 27.8. The maximum atomic E-state index is 14.3. The van der Waals surface area contributed by atoms with E-state index in [0.29, 0.717) is 45.2 Å². The van der Waals surface area contributed by atoms with E-state index in [0.717, 1.165) is 14.9 Å². The van der Waals surface area contributed by atoms with Crippen molar-refractivity contribution in [2.75, 3.05) is 24.3 Å². The van der Waals surface area contributed by atoms with Gasteiger partial charge in [0.05, 0.1) is 19.2 Å². The lowest BCUT2D eigenvalue weighted by atomic mass is 10.0. The molecule has 1 atom stereocenters. The summed E-state index contributed by atoms with van der Waals surface area (Å²) in [6, 6.07) is 32.2. The van der Waals surface area contributed by atoms with Gasteiger partial charge in [-0.1, -0.05) is 82.7 Å². The van der Waals surface area contributed by atoms with Crippen LogP contribution in [0.2, 0.25) is 0 Å². The number of methoxy groups -OCH3 is 1. The maximum absolute atomic E-state index is 14.3. The maximum Gasteiger partial charge on any atom is 0.410 e. The molecule has 0 bridgehead atoms. The third-order valence-corrected chi connectivity index (χ3v) is 11.6. The van der Waals surface area contributed by atoms with Crippen LogP contribution in [0.1, 0.15) is 68.3 Å². The highest BCUT2D eigenvalue weighted by Gasteiger charge is 2.34. The second-order valence-electron chi connectivity index (χ2n) is 14.2. The molecule has 1 unspecified atom stereocenters. The largest absolute Gasteiger partial charge is 0.465 e. The van der Waals surface area contributed by atoms with Crippen LogP contribution in [-0.2, 0) is 32.0 Å². The van der Waals surface area contributed by atoms with E-state index in [1.807, 2.05) is 60.7 Å². The van der Waals surface area contributed by atoms with Crippen LogP contribution >= 0.6 is 39.0 Å². The smallest absolute Gasteiger partial charge is 0.410 e. The number of thiophene rings is 1. The number of rotatable bonds is 11. The molecule has 1 aliphatic rings. The first kappa shape index (κ1) is 41.9. The Morgan fingerprint density at radius 3 is 2.28 bits per heavy atom. The number of esters is 1. The Labute approximate surface area is 353 Å². The summed E-state index contributed by atoms with van der Waals surface area (Å²) in [5.74, 6) is -1.97. The SMILES string of the molecule is COC(=O)c1c(NC(=O)C(Sc2cccc(NC(=O)/C(=C\c3cccc(Br)c3)NC(=O)c3ccccc3)c2)c2ccccc2)sc2c1CCN(C(=O)OC(C)(C)C)C2. The lowest BCUT2D eigenvalue weighted by molar-refractivity contribution is -0.116. The van der Waals surface area contributed by atoms with Gasteiger partial charge < -0.3 is 30.3 Å². The van der Waals surface area contributed by atoms with Crippen molar-refractivity contribution in [2.45, 2.75) is 49.5 Å². The number of nitrogens with one attached hydrogen (secondary N) is 3. The predicted molar refractivity (Wildman–Crippen MR) is 231 cm³/mol. The molecule has 4 amide bonds. The monoisotopic (exact) mass is 880 g/mol. The van der Waals surface area contributed by atoms with Crippen LogP contribution in [0.15, 0.2) is 124 Å². The number of anilines is 2. The Morgan fingerprint density at radius 2 is 1.59 bits per heavy atom. The van der Waals surface area contributed by atoms with Crippen molar-refractivity contribution in [3.63, 3.8) is 0 Å². The number of thioether (sulfide) groups is 1. The summed E-state index contributed by atoms with van der Waals surface area (Å²) in [4.78, 5) is 70.4. The normalized spacial score (nSPS) is 13.1. The van der Waals surface area contributed by atoms with E-state index in [4.69, 9.17) is 9.47 Å². The Kier molecular flexibility index (Phi) is 13.5. The molecule has 3 N–H and O–H groups in total. The van der Waals surface area contributed by atoms with Crippen LogP contribution in [0.3, 0.4) is 0 Å². The van der Waals surface area contributed by atoms with E-state index in [1.165, 1.54) is 30.2 Å². The second-order valence-corrected chi connectivity index (χ2v) is 17.4. The van der Waals surface area contributed by atoms with Crippen molar-refractivity contribution in [2.24, 2.45) is 0 Å². The fourth-order valence-electron chi connectivity index (χ4n) is 6.06. The molecule has 0 saturated carbocycles. The minimum Gasteiger partial charge on any atom is -0.465 e. The molecular weight excluding hydrogens is 841 g/mol. The molecule has 2 heterocycles. The van der Waals surface area contributed by atoms with Crippen LogP contribution < -0.4 is 16.0 Å². The summed E-state index contributed by atoms with van der Waals surface area (Å²) in [7, 11) is 1.29. The number of ether oxygens (including phenoxy) is 2. The standard InChI is InChI=1S/C44H41BrN4O7S2/c1-44(2,3)56-43(54)49-22-21-33-35(26-49)58-41(36(33)42(53)55-4)48-40(52)37(28-14-7-5-8-15-28)57-32-20-12-19-31(25-32)46-39(51)34(24-27-13-11-18-30(45)23-27)47-38(50)29-16-9-6-10-17-29/h5-20,23-25,37H,21-22,26H2,1-4H3,(H,46,51)(H,47,50)(H,48,52)/b34-24+. The minimum absolute atomic E-state index is 0.0285. The van der Waals surface area contributed by atoms with Gasteiger partial charge >= 0.3 is 12.1 Å². The molecule has 0 aliphatic carbocycles. The molecule has 58 heavy (non-hydrogen) atoms. The van der Waals surface area contributed by atoms with Gasteiger partial charge in [-0.15, -0.1) is 23.1 Å². The van der Waals surface area contributed by atoms with Crippen molar-refractivity contribution in [3.8, 4) is 0 Å². The van der Waals surface area contributed by atoms with Gasteiger partial charge in [-0.2, -0.15) is 0 Å². The zero-order valence-electron chi connectivity index (χ0n) is 32.2. The summed E-state index contributed by atoms with van der Waals surface area (Å²) in [5, 5.41) is 8.21. The molecule has 11 nitrogen and oxygen atoms in total. The number of benzene rings is 4. The van der Waals surface area contributed by atoms with Gasteiger partial charge in [-0.05, 0) is 92.4 Å². The third kappa shape index (κ3) is 10.8. The van der Waals surface area contributed by atoms with Crippen molar-refractivity contribution in [1.29, 1.82) is 0 Å². The number of carbonyl (C=O) groups is 5. The molecule has 0 spiro atoms. The zero-order valence-corrected chi connectivity index (χ0v) is 35.4. The summed E-state index contributed by atoms with van der Waals surface area (Å²) in [5.41, 5.74) is 2.59. The van der Waals surface area contributed by atoms with Crippen molar-refractivity contribution >= 4 is 85.6 Å². The zero-order chi connectivity index (χ0) is 41.4. The fraction of sp³-hybridized carbons (Fsp3) is 0.205. The number of hydrogen-bond donors (Lipinski definition) is 3. The van der Waals surface area contributed by atoms with Crippen LogP contribution in [0.5, 0.6) is 0 Å². The molecule has 14 heteroatoms. The van der Waals surface area contributed by atoms with Gasteiger partial charge in [0.15, 0.2) is 0 Å². The number of halogens is 1. The molecule has 5 aromatic rings. The van der Waals surface area contributed by atoms with Crippen LogP contribution in [0.4, 0.5) is 15.5 Å². The van der Waals surface area contributed by atoms with E-state index in [9.17, 15) is 24.0 Å². The Balaban J connectivity index is 1.24. The van der Waals surface area contributed by atoms with Gasteiger partial charge in [0, 0.05) is 32.0 Å². The minimum atomic E-state index is -0.785. The van der Waals surface area contributed by atoms with Crippen molar-refractivity contribution in [1.82, 2.24) is 10.2 Å². The molecule has 0 radical (unpaired) electrons. The third-order valence-electron chi connectivity index (χ3n) is 8.71. The molecule has 4 aromatic carbocycles. The van der Waals surface area contributed by atoms with Gasteiger partial charge in [0.25, 0.3) is 11.8 Å². The fourth-order valence-corrected chi connectivity index (χ4v) is 8.81. The van der Waals surface area contributed by atoms with Gasteiger partial charge in [0.1, 0.15) is 21.5 Å². The summed E-state index contributed by atoms with van der Waals surface area (Å²) in [6.07, 6.45) is 1.52. The van der Waals surface area contributed by atoms with Crippen molar-refractivity contribution in [3.05, 3.63) is 152 Å². The Morgan fingerprint density at radius 1 is 0.879 bits per heavy atom. The summed E-state index contributed by atoms with van der Waals surface area (Å²) >= 11 is 5.95. The average Bonchev–Trinajstić information content (AvgIpc) is 3.56. The van der Waals surface area contributed by atoms with Crippen molar-refractivity contribution < 1.29 is 33.4 Å². The average molecular weight is 882 g/mol. The molecule has 0 fully saturated rings. The van der Waals surface area contributed by atoms with E-state index in [-0.39, 0.29) is 23.7 Å². The Hall–Kier alpha value is -5.70. The van der Waals surface area contributed by atoms with E-state index >= 15 is 0 Å². The molecule has 1 aromatic heterocycles. The number of amides is 4. The highest BCUT2D eigenvalue weighted by atomic mass is 79.9. The van der Waals surface area contributed by atoms with Crippen LogP contribution in [0, 0.1) is 0 Å². The molecule has 6 rings (SSSR count). The lowest BCUT2D eigenvalue weighted by Gasteiger charge is -2.30. The number of fused-ring (bicyclic) bond motifs is 1. The topological polar surface area (TPSA) is 143 Å². The second kappa shape index (κ2) is 18.7. The molecular formula is C44H41BrN4O7S2. The molecule has 1 aliphatic heterocycles. The summed E-state index contributed by atoms with van der Waals surface area (Å²) in [6.45, 7) is 5.97. The number of carbonyl (C=O) groups excluding carboxylic acids is 5. The van der Waals surface area contributed by atoms with Gasteiger partial charge in [-0.3, -0.25) is 14.4 Å². The quantitative estimate of drug-likeness (QED) is 0.0677. The van der Waals surface area contributed by atoms with E-state index in [1.54, 1.807) is 80.3 Å².